The van der Waals surface area contributed by atoms with Crippen LogP contribution in [0.15, 0.2) is 28.9 Å². The van der Waals surface area contributed by atoms with Crippen molar-refractivity contribution in [1.29, 1.82) is 0 Å². The number of hydrogen-bond acceptors (Lipinski definition) is 1. The number of rotatable bonds is 4. The summed E-state index contributed by atoms with van der Waals surface area (Å²) in [5.74, 6) is 0. The third-order valence-electron chi connectivity index (χ3n) is 1.46. The minimum atomic E-state index is 1.03. The van der Waals surface area contributed by atoms with E-state index in [1.54, 1.807) is 0 Å². The van der Waals surface area contributed by atoms with Gasteiger partial charge in [0.25, 0.3) is 0 Å². The second kappa shape index (κ2) is 5.76. The van der Waals surface area contributed by atoms with Crippen molar-refractivity contribution >= 4 is 5.71 Å². The Labute approximate surface area is 75.9 Å². The SMILES string of the molecule is C=C(C)C(CCC)=NC=C(C)C. The smallest absolute Gasteiger partial charge is 0.0426 e. The van der Waals surface area contributed by atoms with E-state index in [2.05, 4.69) is 18.5 Å². The molecule has 0 aliphatic carbocycles. The van der Waals surface area contributed by atoms with Gasteiger partial charge in [-0.15, -0.1) is 0 Å². The number of allylic oxidation sites excluding steroid dienone is 2. The molecule has 0 radical (unpaired) electrons. The Kier molecular flexibility index (Phi) is 5.35. The van der Waals surface area contributed by atoms with Crippen LogP contribution in [0.4, 0.5) is 0 Å². The van der Waals surface area contributed by atoms with Gasteiger partial charge in [0.1, 0.15) is 0 Å². The van der Waals surface area contributed by atoms with E-state index in [1.165, 1.54) is 5.57 Å². The maximum atomic E-state index is 4.37. The molecular weight excluding hydrogens is 146 g/mol. The van der Waals surface area contributed by atoms with Crippen molar-refractivity contribution in [2.45, 2.75) is 40.5 Å². The zero-order valence-electron chi connectivity index (χ0n) is 8.65. The summed E-state index contributed by atoms with van der Waals surface area (Å²) in [7, 11) is 0. The van der Waals surface area contributed by atoms with E-state index in [4.69, 9.17) is 0 Å². The molecule has 1 heteroatoms. The first-order valence-electron chi connectivity index (χ1n) is 4.43. The van der Waals surface area contributed by atoms with Gasteiger partial charge in [0.2, 0.25) is 0 Å². The topological polar surface area (TPSA) is 12.4 Å². The van der Waals surface area contributed by atoms with E-state index < -0.39 is 0 Å². The monoisotopic (exact) mass is 165 g/mol. The molecule has 0 aliphatic heterocycles. The van der Waals surface area contributed by atoms with E-state index in [9.17, 15) is 0 Å². The molecule has 0 aliphatic rings. The lowest BCUT2D eigenvalue weighted by molar-refractivity contribution is 0.989. The van der Waals surface area contributed by atoms with Crippen LogP contribution >= 0.6 is 0 Å². The van der Waals surface area contributed by atoms with E-state index in [0.717, 1.165) is 24.1 Å². The zero-order chi connectivity index (χ0) is 9.56. The molecule has 0 N–H and O–H groups in total. The molecule has 0 aromatic carbocycles. The van der Waals surface area contributed by atoms with Crippen molar-refractivity contribution in [1.82, 2.24) is 0 Å². The lowest BCUT2D eigenvalue weighted by Crippen LogP contribution is -1.97. The molecule has 0 bridgehead atoms. The van der Waals surface area contributed by atoms with Crippen LogP contribution in [-0.2, 0) is 0 Å². The molecule has 0 amide bonds. The first-order chi connectivity index (χ1) is 5.57. The van der Waals surface area contributed by atoms with E-state index in [-0.39, 0.29) is 0 Å². The molecule has 12 heavy (non-hydrogen) atoms. The average Bonchev–Trinajstić information content (AvgIpc) is 1.96. The van der Waals surface area contributed by atoms with E-state index in [1.807, 2.05) is 27.0 Å². The highest BCUT2D eigenvalue weighted by Gasteiger charge is 1.96. The van der Waals surface area contributed by atoms with Crippen LogP contribution in [0.5, 0.6) is 0 Å². The highest BCUT2D eigenvalue weighted by Crippen LogP contribution is 2.03. The van der Waals surface area contributed by atoms with Gasteiger partial charge in [-0.05, 0) is 32.8 Å². The van der Waals surface area contributed by atoms with Crippen LogP contribution in [-0.4, -0.2) is 5.71 Å². The van der Waals surface area contributed by atoms with Crippen molar-refractivity contribution < 1.29 is 0 Å². The summed E-state index contributed by atoms with van der Waals surface area (Å²) in [6, 6.07) is 0. The molecule has 0 atom stereocenters. The fourth-order valence-corrected chi connectivity index (χ4v) is 0.832. The lowest BCUT2D eigenvalue weighted by Gasteiger charge is -2.01. The van der Waals surface area contributed by atoms with Crippen LogP contribution in [0.2, 0.25) is 0 Å². The first-order valence-corrected chi connectivity index (χ1v) is 4.43. The summed E-state index contributed by atoms with van der Waals surface area (Å²) in [6.45, 7) is 12.1. The predicted octanol–water partition coefficient (Wildman–Crippen LogP) is 3.73. The lowest BCUT2D eigenvalue weighted by atomic mass is 10.1. The van der Waals surface area contributed by atoms with Crippen LogP contribution in [0.1, 0.15) is 40.5 Å². The largest absolute Gasteiger partial charge is 0.261 e. The maximum absolute atomic E-state index is 4.37. The van der Waals surface area contributed by atoms with Gasteiger partial charge in [0.15, 0.2) is 0 Å². The van der Waals surface area contributed by atoms with Crippen molar-refractivity contribution in [2.75, 3.05) is 0 Å². The second-order valence-corrected chi connectivity index (χ2v) is 3.31. The number of hydrogen-bond donors (Lipinski definition) is 0. The van der Waals surface area contributed by atoms with Crippen LogP contribution in [0, 0.1) is 0 Å². The van der Waals surface area contributed by atoms with Gasteiger partial charge >= 0.3 is 0 Å². The van der Waals surface area contributed by atoms with Crippen LogP contribution < -0.4 is 0 Å². The average molecular weight is 165 g/mol. The van der Waals surface area contributed by atoms with Gasteiger partial charge in [0, 0.05) is 11.9 Å². The summed E-state index contributed by atoms with van der Waals surface area (Å²) < 4.78 is 0. The third kappa shape index (κ3) is 4.89. The minimum absolute atomic E-state index is 1.03. The minimum Gasteiger partial charge on any atom is -0.261 e. The molecule has 1 nitrogen and oxygen atoms in total. The summed E-state index contributed by atoms with van der Waals surface area (Å²) in [4.78, 5) is 4.37. The second-order valence-electron chi connectivity index (χ2n) is 3.31. The molecule has 0 rings (SSSR count). The highest BCUT2D eigenvalue weighted by molar-refractivity contribution is 5.99. The van der Waals surface area contributed by atoms with E-state index >= 15 is 0 Å². The first kappa shape index (κ1) is 11.2. The van der Waals surface area contributed by atoms with Crippen molar-refractivity contribution in [3.05, 3.63) is 23.9 Å². The molecule has 0 heterocycles. The highest BCUT2D eigenvalue weighted by atomic mass is 14.7. The fourth-order valence-electron chi connectivity index (χ4n) is 0.832. The van der Waals surface area contributed by atoms with Gasteiger partial charge in [-0.3, -0.25) is 4.99 Å². The van der Waals surface area contributed by atoms with Gasteiger partial charge in [-0.1, -0.05) is 25.5 Å². The molecule has 0 aromatic rings. The molecule has 68 valence electrons. The fraction of sp³-hybridized carbons (Fsp3) is 0.545. The Balaban J connectivity index is 4.39. The summed E-state index contributed by atoms with van der Waals surface area (Å²) in [5.41, 5.74) is 3.43. The molecule has 0 aromatic heterocycles. The Morgan fingerprint density at radius 3 is 2.25 bits per heavy atom. The number of aliphatic imine (C=N–C) groups is 1. The quantitative estimate of drug-likeness (QED) is 0.563. The van der Waals surface area contributed by atoms with Crippen LogP contribution in [0.25, 0.3) is 0 Å². The zero-order valence-corrected chi connectivity index (χ0v) is 8.65. The van der Waals surface area contributed by atoms with Gasteiger partial charge < -0.3 is 0 Å². The Hall–Kier alpha value is -0.850. The molecular formula is C11H19N. The van der Waals surface area contributed by atoms with Gasteiger partial charge in [0.05, 0.1) is 0 Å². The summed E-state index contributed by atoms with van der Waals surface area (Å²) in [6.07, 6.45) is 4.06. The molecule has 0 saturated carbocycles. The predicted molar refractivity (Wildman–Crippen MR) is 56.6 cm³/mol. The van der Waals surface area contributed by atoms with E-state index in [0.29, 0.717) is 0 Å². The summed E-state index contributed by atoms with van der Waals surface area (Å²) in [5, 5.41) is 0. The number of nitrogens with zero attached hydrogens (tertiary/aromatic N) is 1. The Bertz CT molecular complexity index is 205. The molecule has 0 saturated heterocycles. The van der Waals surface area contributed by atoms with Crippen molar-refractivity contribution in [3.8, 4) is 0 Å². The van der Waals surface area contributed by atoms with Crippen LogP contribution in [0.3, 0.4) is 0 Å². The normalized spacial score (nSPS) is 11.2. The summed E-state index contributed by atoms with van der Waals surface area (Å²) >= 11 is 0. The third-order valence-corrected chi connectivity index (χ3v) is 1.46. The standard InChI is InChI=1S/C11H19N/c1-6-7-11(10(4)5)12-8-9(2)3/h8H,4,6-7H2,1-3,5H3. The maximum Gasteiger partial charge on any atom is 0.0426 e. The molecule has 0 fully saturated rings. The van der Waals surface area contributed by atoms with Crippen molar-refractivity contribution in [2.24, 2.45) is 4.99 Å². The van der Waals surface area contributed by atoms with Gasteiger partial charge in [-0.25, -0.2) is 0 Å². The van der Waals surface area contributed by atoms with Crippen molar-refractivity contribution in [3.63, 3.8) is 0 Å². The Morgan fingerprint density at radius 2 is 1.92 bits per heavy atom. The van der Waals surface area contributed by atoms with Gasteiger partial charge in [-0.2, -0.15) is 0 Å². The molecule has 0 spiro atoms. The molecule has 0 unspecified atom stereocenters. The Morgan fingerprint density at radius 1 is 1.33 bits per heavy atom.